The number of aliphatic hydroxyl groups excluding tert-OH is 1. The number of rotatable bonds is 7. The number of hydrogen-bond donors (Lipinski definition) is 2. The average Bonchev–Trinajstić information content (AvgIpc) is 3.24. The Hall–Kier alpha value is -1.87. The van der Waals surface area contributed by atoms with Crippen molar-refractivity contribution in [2.75, 3.05) is 6.61 Å². The molecule has 29 heavy (non-hydrogen) atoms. The van der Waals surface area contributed by atoms with Gasteiger partial charge in [0.05, 0.1) is 12.7 Å². The third-order valence-corrected chi connectivity index (χ3v) is 6.65. The molecule has 2 aliphatic rings. The molecule has 8 heteroatoms. The van der Waals surface area contributed by atoms with Crippen LogP contribution in [0.25, 0.3) is 0 Å². The first-order valence-electron chi connectivity index (χ1n) is 10.1. The quantitative estimate of drug-likeness (QED) is 0.711. The second-order valence-electron chi connectivity index (χ2n) is 8.29. The van der Waals surface area contributed by atoms with E-state index in [1.54, 1.807) is 6.33 Å². The predicted molar refractivity (Wildman–Crippen MR) is 108 cm³/mol. The molecule has 156 valence electrons. The molecule has 0 spiro atoms. The van der Waals surface area contributed by atoms with Gasteiger partial charge in [-0.2, -0.15) is 8.42 Å². The molecule has 0 unspecified atom stereocenters. The second-order valence-corrected chi connectivity index (χ2v) is 9.51. The van der Waals surface area contributed by atoms with E-state index >= 15 is 0 Å². The summed E-state index contributed by atoms with van der Waals surface area (Å²) in [4.78, 5) is 8.86. The van der Waals surface area contributed by atoms with Crippen LogP contribution in [0, 0.1) is 11.8 Å². The Labute approximate surface area is 171 Å². The van der Waals surface area contributed by atoms with E-state index in [1.165, 1.54) is 11.1 Å². The van der Waals surface area contributed by atoms with Crippen LogP contribution in [-0.2, 0) is 33.7 Å². The maximum atomic E-state index is 11.0. The minimum absolute atomic E-state index is 0.0164. The van der Waals surface area contributed by atoms with Gasteiger partial charge in [-0.25, -0.2) is 15.1 Å². The Morgan fingerprint density at radius 2 is 1.90 bits per heavy atom. The van der Waals surface area contributed by atoms with Crippen molar-refractivity contribution >= 4 is 10.3 Å². The minimum atomic E-state index is -3.95. The molecule has 1 saturated carbocycles. The molecule has 2 aliphatic carbocycles. The van der Waals surface area contributed by atoms with Crippen molar-refractivity contribution in [3.63, 3.8) is 0 Å². The number of aryl methyl sites for hydroxylation is 1. The van der Waals surface area contributed by atoms with Crippen molar-refractivity contribution in [1.29, 1.82) is 0 Å². The van der Waals surface area contributed by atoms with Gasteiger partial charge in [0, 0.05) is 11.4 Å². The van der Waals surface area contributed by atoms with Gasteiger partial charge in [-0.3, -0.25) is 4.18 Å². The van der Waals surface area contributed by atoms with Crippen LogP contribution in [0.2, 0.25) is 0 Å². The summed E-state index contributed by atoms with van der Waals surface area (Å²) in [6, 6.07) is 10.7. The van der Waals surface area contributed by atoms with Crippen LogP contribution < -0.4 is 5.14 Å². The molecule has 1 aromatic carbocycles. The molecule has 1 heterocycles. The topological polar surface area (TPSA) is 115 Å². The lowest BCUT2D eigenvalue weighted by atomic mass is 9.94. The van der Waals surface area contributed by atoms with Crippen LogP contribution in [0.5, 0.6) is 0 Å². The maximum Gasteiger partial charge on any atom is 0.333 e. The highest BCUT2D eigenvalue weighted by molar-refractivity contribution is 7.84. The Bertz CT molecular complexity index is 966. The van der Waals surface area contributed by atoms with Crippen LogP contribution in [0.1, 0.15) is 47.7 Å². The van der Waals surface area contributed by atoms with E-state index < -0.39 is 16.4 Å². The van der Waals surface area contributed by atoms with Gasteiger partial charge in [0.2, 0.25) is 0 Å². The van der Waals surface area contributed by atoms with Crippen LogP contribution >= 0.6 is 0 Å². The zero-order valence-corrected chi connectivity index (χ0v) is 17.1. The largest absolute Gasteiger partial charge is 0.393 e. The maximum absolute atomic E-state index is 11.0. The molecule has 7 nitrogen and oxygen atoms in total. The summed E-state index contributed by atoms with van der Waals surface area (Å²) in [5, 5.41) is 15.3. The van der Waals surface area contributed by atoms with Crippen molar-refractivity contribution < 1.29 is 17.7 Å². The SMILES string of the molecule is NS(=O)(=O)OC[C@@H]1C[C@@H](Cc2cc(C[C@H]3CCc4ccccc43)ncn2)[C@H](O)C1. The summed E-state index contributed by atoms with van der Waals surface area (Å²) >= 11 is 0. The van der Waals surface area contributed by atoms with Crippen molar-refractivity contribution in [2.45, 2.75) is 50.5 Å². The van der Waals surface area contributed by atoms with Gasteiger partial charge in [-0.15, -0.1) is 0 Å². The minimum Gasteiger partial charge on any atom is -0.393 e. The van der Waals surface area contributed by atoms with Crippen molar-refractivity contribution in [3.05, 3.63) is 59.2 Å². The zero-order chi connectivity index (χ0) is 20.4. The van der Waals surface area contributed by atoms with Gasteiger partial charge in [0.1, 0.15) is 6.33 Å². The molecule has 4 atom stereocenters. The number of nitrogens with zero attached hydrogens (tertiary/aromatic N) is 2. The zero-order valence-electron chi connectivity index (χ0n) is 16.3. The molecule has 3 N–H and O–H groups in total. The number of aliphatic hydroxyl groups is 1. The Morgan fingerprint density at radius 3 is 2.69 bits per heavy atom. The lowest BCUT2D eigenvalue weighted by Gasteiger charge is -2.15. The fraction of sp³-hybridized carbons (Fsp3) is 0.524. The van der Waals surface area contributed by atoms with Gasteiger partial charge in [-0.1, -0.05) is 24.3 Å². The fourth-order valence-corrected chi connectivity index (χ4v) is 5.19. The van der Waals surface area contributed by atoms with Crippen LogP contribution in [0.4, 0.5) is 0 Å². The highest BCUT2D eigenvalue weighted by Gasteiger charge is 2.34. The first kappa shape index (κ1) is 20.4. The number of hydrogen-bond acceptors (Lipinski definition) is 6. The highest BCUT2D eigenvalue weighted by Crippen LogP contribution is 2.36. The first-order chi connectivity index (χ1) is 13.9. The molecule has 0 aliphatic heterocycles. The number of aromatic nitrogens is 2. The number of nitrogens with two attached hydrogens (primary N) is 1. The van der Waals surface area contributed by atoms with E-state index in [2.05, 4.69) is 34.2 Å². The van der Waals surface area contributed by atoms with Gasteiger partial charge >= 0.3 is 10.3 Å². The Morgan fingerprint density at radius 1 is 1.14 bits per heavy atom. The molecule has 1 aromatic heterocycles. The van der Waals surface area contributed by atoms with Crippen molar-refractivity contribution in [2.24, 2.45) is 17.0 Å². The molecule has 4 rings (SSSR count). The fourth-order valence-electron chi connectivity index (χ4n) is 4.81. The summed E-state index contributed by atoms with van der Waals surface area (Å²) in [7, 11) is -3.95. The monoisotopic (exact) mass is 417 g/mol. The number of benzene rings is 1. The molecule has 0 amide bonds. The van der Waals surface area contributed by atoms with E-state index in [4.69, 9.17) is 9.32 Å². The van der Waals surface area contributed by atoms with Gasteiger partial charge in [0.15, 0.2) is 0 Å². The van der Waals surface area contributed by atoms with Gasteiger partial charge in [0.25, 0.3) is 0 Å². The Balaban J connectivity index is 1.37. The molecular weight excluding hydrogens is 390 g/mol. The standard InChI is InChI=1S/C21H27N3O4S/c22-29(26,27)28-12-14-7-17(21(25)8-14)10-19-11-18(23-13-24-19)9-16-6-5-15-3-1-2-4-20(15)16/h1-4,11,13-14,16-17,21,25H,5-10,12H2,(H2,22,26,27)/t14-,16-,17+,21-/m1/s1. The molecular formula is C21H27N3O4S. The third kappa shape index (κ3) is 5.19. The van der Waals surface area contributed by atoms with E-state index in [0.717, 1.165) is 30.7 Å². The van der Waals surface area contributed by atoms with Gasteiger partial charge < -0.3 is 5.11 Å². The van der Waals surface area contributed by atoms with Crippen molar-refractivity contribution in [3.8, 4) is 0 Å². The smallest absolute Gasteiger partial charge is 0.333 e. The summed E-state index contributed by atoms with van der Waals surface area (Å²) < 4.78 is 26.6. The summed E-state index contributed by atoms with van der Waals surface area (Å²) in [5.41, 5.74) is 4.81. The van der Waals surface area contributed by atoms with E-state index in [0.29, 0.717) is 25.2 Å². The van der Waals surface area contributed by atoms with E-state index in [9.17, 15) is 13.5 Å². The van der Waals surface area contributed by atoms with Crippen LogP contribution in [-0.4, -0.2) is 36.2 Å². The highest BCUT2D eigenvalue weighted by atomic mass is 32.2. The van der Waals surface area contributed by atoms with Crippen molar-refractivity contribution in [1.82, 2.24) is 9.97 Å². The van der Waals surface area contributed by atoms with E-state index in [-0.39, 0.29) is 18.4 Å². The lowest BCUT2D eigenvalue weighted by molar-refractivity contribution is 0.128. The Kier molecular flexibility index (Phi) is 5.96. The van der Waals surface area contributed by atoms with Crippen LogP contribution in [0.15, 0.2) is 36.7 Å². The third-order valence-electron chi connectivity index (χ3n) is 6.19. The normalized spacial score (nSPS) is 26.6. The summed E-state index contributed by atoms with van der Waals surface area (Å²) in [6.45, 7) is 0.0164. The predicted octanol–water partition coefficient (Wildman–Crippen LogP) is 1.90. The molecule has 0 bridgehead atoms. The van der Waals surface area contributed by atoms with Crippen LogP contribution in [0.3, 0.4) is 0 Å². The molecule has 0 radical (unpaired) electrons. The first-order valence-corrected chi connectivity index (χ1v) is 11.6. The summed E-state index contributed by atoms with van der Waals surface area (Å²) in [5.74, 6) is 0.495. The second kappa shape index (κ2) is 8.47. The molecule has 0 saturated heterocycles. The summed E-state index contributed by atoms with van der Waals surface area (Å²) in [6.07, 6.45) is 6.11. The van der Waals surface area contributed by atoms with E-state index in [1.807, 2.05) is 6.07 Å². The van der Waals surface area contributed by atoms with Gasteiger partial charge in [-0.05, 0) is 73.5 Å². The lowest BCUT2D eigenvalue weighted by Crippen LogP contribution is -2.19. The average molecular weight is 418 g/mol. The molecule has 2 aromatic rings. The molecule has 1 fully saturated rings. The number of fused-ring (bicyclic) bond motifs is 1.